The van der Waals surface area contributed by atoms with Gasteiger partial charge in [-0.15, -0.1) is 0 Å². The highest BCUT2D eigenvalue weighted by Crippen LogP contribution is 2.28. The highest BCUT2D eigenvalue weighted by molar-refractivity contribution is 7.99. The zero-order chi connectivity index (χ0) is 15.3. The SMILES string of the molecule is CSC1CCCCC1NS(=O)(=O)c1cnn(CCCN)c1. The molecule has 0 aliphatic heterocycles. The highest BCUT2D eigenvalue weighted by Gasteiger charge is 2.29. The van der Waals surface area contributed by atoms with Crippen molar-refractivity contribution in [2.24, 2.45) is 5.73 Å². The van der Waals surface area contributed by atoms with E-state index in [1.165, 1.54) is 12.6 Å². The number of rotatable bonds is 7. The molecule has 1 aliphatic rings. The summed E-state index contributed by atoms with van der Waals surface area (Å²) in [5, 5.41) is 4.45. The molecule has 0 saturated heterocycles. The summed E-state index contributed by atoms with van der Waals surface area (Å²) in [6.07, 6.45) is 10.1. The Hall–Kier alpha value is -0.570. The summed E-state index contributed by atoms with van der Waals surface area (Å²) in [6, 6.07) is 0.0196. The molecular formula is C13H24N4O2S2. The quantitative estimate of drug-likeness (QED) is 0.782. The van der Waals surface area contributed by atoms with Gasteiger partial charge in [0.25, 0.3) is 0 Å². The van der Waals surface area contributed by atoms with Crippen LogP contribution in [0.2, 0.25) is 0 Å². The maximum absolute atomic E-state index is 12.5. The van der Waals surface area contributed by atoms with E-state index in [9.17, 15) is 8.42 Å². The first-order valence-corrected chi connectivity index (χ1v) is 10.1. The van der Waals surface area contributed by atoms with Gasteiger partial charge in [-0.25, -0.2) is 13.1 Å². The number of hydrogen-bond donors (Lipinski definition) is 2. The lowest BCUT2D eigenvalue weighted by molar-refractivity contribution is 0.423. The van der Waals surface area contributed by atoms with Crippen LogP contribution in [0.1, 0.15) is 32.1 Å². The normalized spacial score (nSPS) is 23.3. The molecule has 1 aromatic rings. The molecule has 0 amide bonds. The molecule has 0 bridgehead atoms. The molecule has 0 radical (unpaired) electrons. The molecule has 3 N–H and O–H groups in total. The lowest BCUT2D eigenvalue weighted by atomic mass is 9.96. The van der Waals surface area contributed by atoms with Crippen molar-refractivity contribution < 1.29 is 8.42 Å². The number of nitrogens with one attached hydrogen (secondary N) is 1. The fourth-order valence-electron chi connectivity index (χ4n) is 2.64. The van der Waals surface area contributed by atoms with E-state index < -0.39 is 10.0 Å². The van der Waals surface area contributed by atoms with Gasteiger partial charge in [0.1, 0.15) is 4.90 Å². The molecule has 2 unspecified atom stereocenters. The molecule has 0 aromatic carbocycles. The minimum absolute atomic E-state index is 0.0196. The fraction of sp³-hybridized carbons (Fsp3) is 0.769. The van der Waals surface area contributed by atoms with E-state index in [-0.39, 0.29) is 10.9 Å². The molecule has 1 heterocycles. The summed E-state index contributed by atoms with van der Waals surface area (Å²) < 4.78 is 29.4. The number of nitrogens with zero attached hydrogens (tertiary/aromatic N) is 2. The second-order valence-electron chi connectivity index (χ2n) is 5.37. The van der Waals surface area contributed by atoms with E-state index in [1.807, 2.05) is 6.26 Å². The summed E-state index contributed by atoms with van der Waals surface area (Å²) in [6.45, 7) is 1.21. The van der Waals surface area contributed by atoms with Crippen molar-refractivity contribution in [3.05, 3.63) is 12.4 Å². The van der Waals surface area contributed by atoms with Crippen LogP contribution in [0.15, 0.2) is 17.3 Å². The molecule has 1 fully saturated rings. The third-order valence-electron chi connectivity index (χ3n) is 3.82. The monoisotopic (exact) mass is 332 g/mol. The molecule has 2 atom stereocenters. The Labute approximate surface area is 130 Å². The topological polar surface area (TPSA) is 90.0 Å². The van der Waals surface area contributed by atoms with Crippen molar-refractivity contribution >= 4 is 21.8 Å². The van der Waals surface area contributed by atoms with Crippen LogP contribution in [0.3, 0.4) is 0 Å². The molecule has 1 aromatic heterocycles. The third kappa shape index (κ3) is 4.45. The molecule has 8 heteroatoms. The number of nitrogens with two attached hydrogens (primary N) is 1. The average molecular weight is 332 g/mol. The molecule has 120 valence electrons. The smallest absolute Gasteiger partial charge is 0.243 e. The number of aryl methyl sites for hydroxylation is 1. The molecule has 1 saturated carbocycles. The molecule has 0 spiro atoms. The first-order valence-electron chi connectivity index (χ1n) is 7.34. The first kappa shape index (κ1) is 16.8. The summed E-state index contributed by atoms with van der Waals surface area (Å²) in [4.78, 5) is 0.241. The summed E-state index contributed by atoms with van der Waals surface area (Å²) in [7, 11) is -3.49. The lowest BCUT2D eigenvalue weighted by Gasteiger charge is -2.30. The Morgan fingerprint density at radius 3 is 2.95 bits per heavy atom. The van der Waals surface area contributed by atoms with Crippen LogP contribution in [0.5, 0.6) is 0 Å². The van der Waals surface area contributed by atoms with Crippen molar-refractivity contribution in [2.45, 2.75) is 54.8 Å². The Balaban J connectivity index is 2.05. The number of sulfonamides is 1. The van der Waals surface area contributed by atoms with Gasteiger partial charge < -0.3 is 5.73 Å². The predicted molar refractivity (Wildman–Crippen MR) is 85.8 cm³/mol. The fourth-order valence-corrected chi connectivity index (χ4v) is 4.92. The molecule has 1 aliphatic carbocycles. The Morgan fingerprint density at radius 1 is 1.48 bits per heavy atom. The first-order chi connectivity index (χ1) is 10.1. The van der Waals surface area contributed by atoms with Crippen LogP contribution >= 0.6 is 11.8 Å². The van der Waals surface area contributed by atoms with Crippen molar-refractivity contribution in [2.75, 3.05) is 12.8 Å². The largest absolute Gasteiger partial charge is 0.330 e. The highest BCUT2D eigenvalue weighted by atomic mass is 32.2. The average Bonchev–Trinajstić information content (AvgIpc) is 2.95. The van der Waals surface area contributed by atoms with E-state index in [4.69, 9.17) is 5.73 Å². The second-order valence-corrected chi connectivity index (χ2v) is 8.16. The van der Waals surface area contributed by atoms with E-state index in [1.54, 1.807) is 22.6 Å². The van der Waals surface area contributed by atoms with Gasteiger partial charge >= 0.3 is 0 Å². The second kappa shape index (κ2) is 7.62. The van der Waals surface area contributed by atoms with Crippen LogP contribution in [0.4, 0.5) is 0 Å². The summed E-state index contributed by atoms with van der Waals surface area (Å²) >= 11 is 1.74. The lowest BCUT2D eigenvalue weighted by Crippen LogP contribution is -2.43. The van der Waals surface area contributed by atoms with Crippen molar-refractivity contribution in [1.82, 2.24) is 14.5 Å². The number of thioether (sulfide) groups is 1. The molecule has 2 rings (SSSR count). The Kier molecular flexibility index (Phi) is 6.09. The maximum Gasteiger partial charge on any atom is 0.243 e. The molecular weight excluding hydrogens is 308 g/mol. The van der Waals surface area contributed by atoms with Gasteiger partial charge in [-0.2, -0.15) is 16.9 Å². The number of aromatic nitrogens is 2. The van der Waals surface area contributed by atoms with Gasteiger partial charge in [0.2, 0.25) is 10.0 Å². The van der Waals surface area contributed by atoms with E-state index >= 15 is 0 Å². The van der Waals surface area contributed by atoms with Crippen LogP contribution in [-0.2, 0) is 16.6 Å². The van der Waals surface area contributed by atoms with Crippen LogP contribution in [0, 0.1) is 0 Å². The van der Waals surface area contributed by atoms with Crippen molar-refractivity contribution in [1.29, 1.82) is 0 Å². The molecule has 6 nitrogen and oxygen atoms in total. The number of hydrogen-bond acceptors (Lipinski definition) is 5. The Bertz CT molecular complexity index is 544. The van der Waals surface area contributed by atoms with Gasteiger partial charge in [-0.3, -0.25) is 4.68 Å². The predicted octanol–water partition coefficient (Wildman–Crippen LogP) is 1.18. The van der Waals surface area contributed by atoms with Crippen LogP contribution in [0.25, 0.3) is 0 Å². The van der Waals surface area contributed by atoms with Gasteiger partial charge in [0, 0.05) is 24.0 Å². The van der Waals surface area contributed by atoms with E-state index in [0.29, 0.717) is 18.3 Å². The minimum Gasteiger partial charge on any atom is -0.330 e. The summed E-state index contributed by atoms with van der Waals surface area (Å²) in [5.41, 5.74) is 5.45. The minimum atomic E-state index is -3.49. The van der Waals surface area contributed by atoms with Gasteiger partial charge in [0.15, 0.2) is 0 Å². The zero-order valence-corrected chi connectivity index (χ0v) is 14.0. The standard InChI is InChI=1S/C13H24N4O2S2/c1-20-13-6-3-2-5-12(13)16-21(18,19)11-9-15-17(10-11)8-4-7-14/h9-10,12-13,16H,2-8,14H2,1H3. The zero-order valence-electron chi connectivity index (χ0n) is 12.4. The van der Waals surface area contributed by atoms with Gasteiger partial charge in [-0.05, 0) is 32.1 Å². The van der Waals surface area contributed by atoms with Crippen LogP contribution < -0.4 is 10.5 Å². The van der Waals surface area contributed by atoms with E-state index in [2.05, 4.69) is 9.82 Å². The van der Waals surface area contributed by atoms with Gasteiger partial charge in [0.05, 0.1) is 6.20 Å². The maximum atomic E-state index is 12.5. The third-order valence-corrected chi connectivity index (χ3v) is 6.44. The van der Waals surface area contributed by atoms with Gasteiger partial charge in [-0.1, -0.05) is 12.8 Å². The van der Waals surface area contributed by atoms with E-state index in [0.717, 1.165) is 25.7 Å². The van der Waals surface area contributed by atoms with Crippen LogP contribution in [-0.4, -0.2) is 42.3 Å². The Morgan fingerprint density at radius 2 is 2.24 bits per heavy atom. The van der Waals surface area contributed by atoms with Crippen molar-refractivity contribution in [3.63, 3.8) is 0 Å². The molecule has 21 heavy (non-hydrogen) atoms. The summed E-state index contributed by atoms with van der Waals surface area (Å²) in [5.74, 6) is 0. The van der Waals surface area contributed by atoms with Crippen molar-refractivity contribution in [3.8, 4) is 0 Å².